The molecule has 28 heavy (non-hydrogen) atoms. The van der Waals surface area contributed by atoms with Gasteiger partial charge in [-0.2, -0.15) is 0 Å². The number of amides is 3. The average Bonchev–Trinajstić information content (AvgIpc) is 2.95. The molecule has 8 heteroatoms. The van der Waals surface area contributed by atoms with Crippen molar-refractivity contribution in [1.82, 2.24) is 10.6 Å². The lowest BCUT2D eigenvalue weighted by molar-refractivity contribution is 0.0930. The highest BCUT2D eigenvalue weighted by molar-refractivity contribution is 7.91. The molecule has 1 aromatic carbocycles. The van der Waals surface area contributed by atoms with E-state index < -0.39 is 15.9 Å². The molecule has 0 radical (unpaired) electrons. The number of carbonyl (C=O) groups excluding carboxylic acids is 2. The first kappa shape index (κ1) is 20.6. The Labute approximate surface area is 166 Å². The predicted octanol–water partition coefficient (Wildman–Crippen LogP) is 2.84. The summed E-state index contributed by atoms with van der Waals surface area (Å²) in [6.07, 6.45) is 8.47. The number of anilines is 1. The van der Waals surface area contributed by atoms with Gasteiger partial charge in [0.2, 0.25) is 0 Å². The summed E-state index contributed by atoms with van der Waals surface area (Å²) in [5.41, 5.74) is 1.01. The van der Waals surface area contributed by atoms with E-state index in [0.29, 0.717) is 17.7 Å². The van der Waals surface area contributed by atoms with Gasteiger partial charge in [-0.05, 0) is 37.5 Å². The zero-order valence-electron chi connectivity index (χ0n) is 16.1. The first-order valence-electron chi connectivity index (χ1n) is 10.1. The van der Waals surface area contributed by atoms with E-state index in [0.717, 1.165) is 25.7 Å². The van der Waals surface area contributed by atoms with Crippen molar-refractivity contribution in [2.24, 2.45) is 0 Å². The molecule has 3 rings (SSSR count). The minimum Gasteiger partial charge on any atom is -0.349 e. The van der Waals surface area contributed by atoms with Gasteiger partial charge < -0.3 is 16.0 Å². The lowest BCUT2D eigenvalue weighted by Crippen LogP contribution is -2.38. The van der Waals surface area contributed by atoms with E-state index >= 15 is 0 Å². The van der Waals surface area contributed by atoms with Crippen molar-refractivity contribution in [1.29, 1.82) is 0 Å². The Hall–Kier alpha value is -2.09. The third-order valence-electron chi connectivity index (χ3n) is 5.39. The number of hydrogen-bond acceptors (Lipinski definition) is 4. The first-order chi connectivity index (χ1) is 13.4. The zero-order valence-corrected chi connectivity index (χ0v) is 16.9. The SMILES string of the molecule is O=C(Nc1cccc(C(=O)NC2CCCCCCC2)c1)N[C@@H]1CCS(=O)(=O)C1. The molecule has 1 aromatic rings. The molecule has 0 aromatic heterocycles. The third kappa shape index (κ3) is 6.22. The average molecular weight is 408 g/mol. The van der Waals surface area contributed by atoms with Crippen LogP contribution in [0.2, 0.25) is 0 Å². The standard InChI is InChI=1S/C20H29N3O4S/c24-19(21-16-8-4-2-1-3-5-9-16)15-7-6-10-17(13-15)22-20(25)23-18-11-12-28(26,27)14-18/h6-7,10,13,16,18H,1-5,8-9,11-12,14H2,(H,21,24)(H2,22,23,25)/t18-/m1/s1. The maximum Gasteiger partial charge on any atom is 0.319 e. The number of hydrogen-bond donors (Lipinski definition) is 3. The fourth-order valence-corrected chi connectivity index (χ4v) is 5.54. The second-order valence-corrected chi connectivity index (χ2v) is 10.0. The Balaban J connectivity index is 1.54. The van der Waals surface area contributed by atoms with Gasteiger partial charge in [0.25, 0.3) is 5.91 Å². The molecular weight excluding hydrogens is 378 g/mol. The highest BCUT2D eigenvalue weighted by Crippen LogP contribution is 2.18. The molecule has 1 atom stereocenters. The molecule has 1 saturated heterocycles. The van der Waals surface area contributed by atoms with Crippen LogP contribution in [0.3, 0.4) is 0 Å². The van der Waals surface area contributed by atoms with E-state index in [1.165, 1.54) is 19.3 Å². The van der Waals surface area contributed by atoms with Crippen molar-refractivity contribution in [3.63, 3.8) is 0 Å². The van der Waals surface area contributed by atoms with Crippen LogP contribution in [-0.4, -0.2) is 43.9 Å². The van der Waals surface area contributed by atoms with Crippen LogP contribution in [0.25, 0.3) is 0 Å². The van der Waals surface area contributed by atoms with E-state index in [4.69, 9.17) is 0 Å². The van der Waals surface area contributed by atoms with Crippen LogP contribution in [0.15, 0.2) is 24.3 Å². The molecule has 2 fully saturated rings. The van der Waals surface area contributed by atoms with Crippen molar-refractivity contribution in [2.45, 2.75) is 63.5 Å². The van der Waals surface area contributed by atoms with E-state index in [1.807, 2.05) is 0 Å². The Bertz CT molecular complexity index is 801. The van der Waals surface area contributed by atoms with Gasteiger partial charge >= 0.3 is 6.03 Å². The number of rotatable bonds is 4. The van der Waals surface area contributed by atoms with Gasteiger partial charge in [0.05, 0.1) is 11.5 Å². The van der Waals surface area contributed by atoms with Crippen LogP contribution >= 0.6 is 0 Å². The largest absolute Gasteiger partial charge is 0.349 e. The van der Waals surface area contributed by atoms with Crippen LogP contribution in [0.1, 0.15) is 61.7 Å². The van der Waals surface area contributed by atoms with Crippen molar-refractivity contribution < 1.29 is 18.0 Å². The molecule has 3 N–H and O–H groups in total. The first-order valence-corrected chi connectivity index (χ1v) is 11.9. The van der Waals surface area contributed by atoms with Gasteiger partial charge in [0.1, 0.15) is 0 Å². The predicted molar refractivity (Wildman–Crippen MR) is 109 cm³/mol. The molecule has 7 nitrogen and oxygen atoms in total. The van der Waals surface area contributed by atoms with Crippen LogP contribution in [0, 0.1) is 0 Å². The molecule has 1 heterocycles. The van der Waals surface area contributed by atoms with Crippen LogP contribution in [0.4, 0.5) is 10.5 Å². The molecule has 1 aliphatic heterocycles. The number of carbonyl (C=O) groups is 2. The maximum atomic E-state index is 12.6. The van der Waals surface area contributed by atoms with Gasteiger partial charge in [-0.1, -0.05) is 38.2 Å². The summed E-state index contributed by atoms with van der Waals surface area (Å²) in [6, 6.07) is 6.18. The normalized spacial score (nSPS) is 22.6. The fourth-order valence-electron chi connectivity index (χ4n) is 3.87. The van der Waals surface area contributed by atoms with Crippen molar-refractivity contribution in [2.75, 3.05) is 16.8 Å². The van der Waals surface area contributed by atoms with E-state index in [1.54, 1.807) is 24.3 Å². The molecule has 154 valence electrons. The third-order valence-corrected chi connectivity index (χ3v) is 7.16. The minimum atomic E-state index is -3.05. The number of benzene rings is 1. The van der Waals surface area contributed by atoms with E-state index in [-0.39, 0.29) is 29.5 Å². The van der Waals surface area contributed by atoms with Crippen LogP contribution in [0.5, 0.6) is 0 Å². The summed E-state index contributed by atoms with van der Waals surface area (Å²) in [5.74, 6) is -0.0459. The molecule has 1 saturated carbocycles. The van der Waals surface area contributed by atoms with Crippen molar-refractivity contribution in [3.05, 3.63) is 29.8 Å². The Kier molecular flexibility index (Phi) is 6.93. The van der Waals surface area contributed by atoms with Gasteiger partial charge in [0.15, 0.2) is 9.84 Å². The fraction of sp³-hybridized carbons (Fsp3) is 0.600. The highest BCUT2D eigenvalue weighted by atomic mass is 32.2. The smallest absolute Gasteiger partial charge is 0.319 e. The monoisotopic (exact) mass is 407 g/mol. The molecular formula is C20H29N3O4S. The second-order valence-electron chi connectivity index (χ2n) is 7.79. The molecule has 0 bridgehead atoms. The summed E-state index contributed by atoms with van der Waals surface area (Å²) in [4.78, 5) is 24.7. The van der Waals surface area contributed by atoms with Gasteiger partial charge in [-0.3, -0.25) is 4.79 Å². The number of nitrogens with one attached hydrogen (secondary N) is 3. The Morgan fingerprint density at radius 3 is 2.29 bits per heavy atom. The topological polar surface area (TPSA) is 104 Å². The van der Waals surface area contributed by atoms with E-state index in [9.17, 15) is 18.0 Å². The molecule has 3 amide bonds. The van der Waals surface area contributed by atoms with Gasteiger partial charge in [0, 0.05) is 23.3 Å². The summed E-state index contributed by atoms with van der Waals surface area (Å²) in [6.45, 7) is 0. The lowest BCUT2D eigenvalue weighted by atomic mass is 9.96. The number of urea groups is 1. The number of sulfone groups is 1. The summed E-state index contributed by atoms with van der Waals surface area (Å²) in [5, 5.41) is 8.49. The van der Waals surface area contributed by atoms with Crippen LogP contribution in [-0.2, 0) is 9.84 Å². The molecule has 0 unspecified atom stereocenters. The summed E-state index contributed by atoms with van der Waals surface area (Å²) < 4.78 is 23.0. The lowest BCUT2D eigenvalue weighted by Gasteiger charge is -2.21. The molecule has 2 aliphatic rings. The molecule has 1 aliphatic carbocycles. The van der Waals surface area contributed by atoms with Gasteiger partial charge in [-0.25, -0.2) is 13.2 Å². The Morgan fingerprint density at radius 1 is 0.893 bits per heavy atom. The van der Waals surface area contributed by atoms with E-state index in [2.05, 4.69) is 16.0 Å². The summed E-state index contributed by atoms with van der Waals surface area (Å²) >= 11 is 0. The zero-order chi connectivity index (χ0) is 20.0. The Morgan fingerprint density at radius 2 is 1.61 bits per heavy atom. The molecule has 0 spiro atoms. The minimum absolute atomic E-state index is 0.0236. The van der Waals surface area contributed by atoms with Crippen molar-refractivity contribution in [3.8, 4) is 0 Å². The highest BCUT2D eigenvalue weighted by Gasteiger charge is 2.28. The summed E-state index contributed by atoms with van der Waals surface area (Å²) in [7, 11) is -3.05. The van der Waals surface area contributed by atoms with Gasteiger partial charge in [-0.15, -0.1) is 0 Å². The van der Waals surface area contributed by atoms with Crippen molar-refractivity contribution >= 4 is 27.5 Å². The second kappa shape index (κ2) is 9.41. The maximum absolute atomic E-state index is 12.6. The van der Waals surface area contributed by atoms with Crippen LogP contribution < -0.4 is 16.0 Å². The quantitative estimate of drug-likeness (QED) is 0.714.